The van der Waals surface area contributed by atoms with Crippen LogP contribution in [0.15, 0.2) is 103 Å². The van der Waals surface area contributed by atoms with E-state index >= 15 is 0 Å². The maximum absolute atomic E-state index is 15.0. The molecule has 0 bridgehead atoms. The number of aryl methyl sites for hydroxylation is 2. The van der Waals surface area contributed by atoms with Crippen LogP contribution in [-0.2, 0) is 35.3 Å². The second kappa shape index (κ2) is 24.5. The molecule has 374 valence electrons. The summed E-state index contributed by atoms with van der Waals surface area (Å²) in [6, 6.07) is 23.9. The van der Waals surface area contributed by atoms with Crippen LogP contribution in [0.5, 0.6) is 11.5 Å². The Labute approximate surface area is 414 Å². The van der Waals surface area contributed by atoms with Gasteiger partial charge in [0, 0.05) is 48.7 Å². The molecule has 0 radical (unpaired) electrons. The van der Waals surface area contributed by atoms with Crippen molar-refractivity contribution in [2.45, 2.75) is 140 Å². The number of rotatable bonds is 18. The van der Waals surface area contributed by atoms with Gasteiger partial charge in [0.2, 0.25) is 0 Å². The van der Waals surface area contributed by atoms with E-state index < -0.39 is 53.7 Å². The van der Waals surface area contributed by atoms with Crippen molar-refractivity contribution < 1.29 is 39.9 Å². The van der Waals surface area contributed by atoms with Crippen molar-refractivity contribution in [2.24, 2.45) is 35.3 Å². The molecular weight excluding hydrogens is 879 g/mol. The Balaban J connectivity index is 1.30. The molecule has 2 heterocycles. The highest BCUT2D eigenvalue weighted by atomic mass is 16.5. The minimum absolute atomic E-state index is 0.0231. The van der Waals surface area contributed by atoms with Gasteiger partial charge in [-0.25, -0.2) is 0 Å². The number of aromatic nitrogens is 1. The first kappa shape index (κ1) is 52.2. The van der Waals surface area contributed by atoms with E-state index in [1.54, 1.807) is 13.0 Å². The smallest absolute Gasteiger partial charge is 0.173 e. The number of allylic oxidation sites excluding steroid dienone is 2. The average molecular weight is 954 g/mol. The lowest BCUT2D eigenvalue weighted by Gasteiger charge is -2.33. The van der Waals surface area contributed by atoms with Crippen LogP contribution in [0.4, 0.5) is 0 Å². The van der Waals surface area contributed by atoms with E-state index in [0.717, 1.165) is 45.5 Å². The average Bonchev–Trinajstić information content (AvgIpc) is 3.75. The third-order valence-corrected chi connectivity index (χ3v) is 15.4. The number of methoxy groups -OCH3 is 1. The summed E-state index contributed by atoms with van der Waals surface area (Å²) in [4.78, 5) is 32.6. The number of H-pyrrole nitrogens is 1. The third-order valence-electron chi connectivity index (χ3n) is 15.4. The summed E-state index contributed by atoms with van der Waals surface area (Å²) < 4.78 is 5.75. The number of fused-ring (bicyclic) bond motifs is 2. The molecule has 2 aliphatic carbocycles. The molecule has 0 spiro atoms. The number of nitrogens with one attached hydrogen (secondary N) is 2. The number of aliphatic hydroxyl groups is 4. The van der Waals surface area contributed by atoms with Gasteiger partial charge in [-0.3, -0.25) is 9.59 Å². The van der Waals surface area contributed by atoms with Crippen LogP contribution < -0.4 is 15.8 Å². The van der Waals surface area contributed by atoms with Gasteiger partial charge in [-0.15, -0.1) is 0 Å². The SMILES string of the molecule is CCC[C@@H]([C@H]1C[C@H](CC2=CCNC(N)=C2)C[C@@H]2C#C[C@H](c3ccccc3)c3c(cc(OC)c(O)c3CCc3ccccc3)CCC(=O)[C@H](O)C(=O)[C@@H]2C1)[C@H](O)Cc1cc([C@H](C)CC[C@H](O)[C@H](C)O)c[nH]1. The third kappa shape index (κ3) is 13.0. The van der Waals surface area contributed by atoms with Crippen LogP contribution in [0, 0.1) is 41.4 Å². The van der Waals surface area contributed by atoms with Crippen LogP contribution in [-0.4, -0.2) is 80.2 Å². The number of dihydropyridines is 1. The second-order valence-corrected chi connectivity index (χ2v) is 20.3. The number of ether oxygens (including phenoxy) is 1. The number of nitrogens with two attached hydrogens (primary N) is 1. The van der Waals surface area contributed by atoms with Gasteiger partial charge in [0.25, 0.3) is 0 Å². The molecule has 3 aliphatic rings. The predicted molar refractivity (Wildman–Crippen MR) is 274 cm³/mol. The monoisotopic (exact) mass is 954 g/mol. The number of phenols is 1. The Bertz CT molecular complexity index is 2500. The number of ketones is 2. The highest BCUT2D eigenvalue weighted by Gasteiger charge is 2.43. The summed E-state index contributed by atoms with van der Waals surface area (Å²) in [6.45, 7) is 6.39. The molecule has 11 heteroatoms. The fraction of sp³-hybridized carbons (Fsp3) is 0.492. The number of phenolic OH excluding ortho intramolecular Hbond substituents is 1. The largest absolute Gasteiger partial charge is 0.504 e. The zero-order chi connectivity index (χ0) is 49.9. The van der Waals surface area contributed by atoms with Gasteiger partial charge in [0.15, 0.2) is 29.2 Å². The quantitative estimate of drug-likeness (QED) is 0.0356. The van der Waals surface area contributed by atoms with E-state index in [-0.39, 0.29) is 48.0 Å². The van der Waals surface area contributed by atoms with Crippen molar-refractivity contribution in [3.05, 3.63) is 142 Å². The number of aromatic hydroxyl groups is 1. The summed E-state index contributed by atoms with van der Waals surface area (Å²) >= 11 is 0. The molecule has 7 rings (SSSR count). The van der Waals surface area contributed by atoms with Crippen LogP contribution in [0.2, 0.25) is 0 Å². The zero-order valence-corrected chi connectivity index (χ0v) is 41.4. The first-order chi connectivity index (χ1) is 33.7. The molecule has 1 aliphatic heterocycles. The number of carbonyl (C=O) groups excluding carboxylic acids is 2. The minimum Gasteiger partial charge on any atom is -0.504 e. The molecule has 3 aromatic carbocycles. The molecule has 1 fully saturated rings. The highest BCUT2D eigenvalue weighted by Crippen LogP contribution is 2.46. The molecule has 1 saturated carbocycles. The van der Waals surface area contributed by atoms with Crippen LogP contribution in [0.3, 0.4) is 0 Å². The molecule has 0 unspecified atom stereocenters. The zero-order valence-electron chi connectivity index (χ0n) is 41.4. The Morgan fingerprint density at radius 1 is 0.886 bits per heavy atom. The van der Waals surface area contributed by atoms with Crippen LogP contribution in [0.25, 0.3) is 0 Å². The van der Waals surface area contributed by atoms with E-state index in [4.69, 9.17) is 10.5 Å². The number of aliphatic hydroxyl groups excluding tert-OH is 4. The van der Waals surface area contributed by atoms with Crippen LogP contribution >= 0.6 is 0 Å². The normalized spacial score (nSPS) is 24.0. The Morgan fingerprint density at radius 3 is 2.33 bits per heavy atom. The number of Topliss-reactive ketones (excluding diaryl/α,β-unsaturated/α-hetero) is 2. The molecule has 11 nitrogen and oxygen atoms in total. The summed E-state index contributed by atoms with van der Waals surface area (Å²) in [5.74, 6) is 5.17. The summed E-state index contributed by atoms with van der Waals surface area (Å²) in [5, 5.41) is 59.4. The van der Waals surface area contributed by atoms with Gasteiger partial charge >= 0.3 is 0 Å². The van der Waals surface area contributed by atoms with Crippen molar-refractivity contribution in [3.63, 3.8) is 0 Å². The van der Waals surface area contributed by atoms with Gasteiger partial charge in [-0.05, 0) is 146 Å². The molecule has 70 heavy (non-hydrogen) atoms. The molecule has 1 aromatic heterocycles. The fourth-order valence-corrected chi connectivity index (χ4v) is 11.4. The van der Waals surface area contributed by atoms with E-state index in [2.05, 4.69) is 60.3 Å². The molecular formula is C59H75N3O8. The topological polar surface area (TPSA) is 198 Å². The van der Waals surface area contributed by atoms with Crippen molar-refractivity contribution in [1.29, 1.82) is 0 Å². The van der Waals surface area contributed by atoms with E-state index in [0.29, 0.717) is 82.1 Å². The maximum atomic E-state index is 15.0. The van der Waals surface area contributed by atoms with Gasteiger partial charge < -0.3 is 46.3 Å². The van der Waals surface area contributed by atoms with Crippen molar-refractivity contribution in [2.75, 3.05) is 13.7 Å². The van der Waals surface area contributed by atoms with E-state index in [1.807, 2.05) is 60.8 Å². The molecule has 0 amide bonds. The number of carbonyl (C=O) groups is 2. The number of benzene rings is 3. The molecule has 0 saturated heterocycles. The van der Waals surface area contributed by atoms with Crippen molar-refractivity contribution in [3.8, 4) is 23.3 Å². The second-order valence-electron chi connectivity index (χ2n) is 20.3. The number of aromatic amines is 1. The minimum atomic E-state index is -1.85. The van der Waals surface area contributed by atoms with Crippen molar-refractivity contribution >= 4 is 11.6 Å². The Kier molecular flexibility index (Phi) is 18.2. The Morgan fingerprint density at radius 2 is 1.63 bits per heavy atom. The standard InChI is InChI=1S/C59H75N3O8/c1-5-12-47(53(66)34-46-31-45(35-62-46)36(2)17-23-51(64)37(3)63)44-29-40(27-39-25-26-61-55(60)30-39)28-42-19-22-48(41-15-10-7-11-16-41)56-43(20-24-52(65)59(69)58(68)50(42)32-44)33-54(70-4)57(67)49(56)21-18-38-13-8-6-9-14-38/h6-11,13-16,25,30-31,33,35-37,40,42,44,47-48,50-51,53,59,61-64,66-67,69H,5,12,17-18,20-21,23-24,26-29,32,34,60H2,1-4H3/t36-,37+,40-,42+,44+,47+,48-,50-,51+,53-,59+/m1/s1. The number of hydrogen-bond donors (Lipinski definition) is 8. The summed E-state index contributed by atoms with van der Waals surface area (Å²) in [5.41, 5.74) is 13.6. The fourth-order valence-electron chi connectivity index (χ4n) is 11.4. The predicted octanol–water partition coefficient (Wildman–Crippen LogP) is 8.11. The first-order valence-corrected chi connectivity index (χ1v) is 25.6. The van der Waals surface area contributed by atoms with Crippen LogP contribution in [0.1, 0.15) is 129 Å². The van der Waals surface area contributed by atoms with E-state index in [1.165, 1.54) is 7.11 Å². The van der Waals surface area contributed by atoms with Crippen molar-refractivity contribution in [1.82, 2.24) is 10.3 Å². The summed E-state index contributed by atoms with van der Waals surface area (Å²) in [6.07, 6.45) is 8.40. The van der Waals surface area contributed by atoms with E-state index in [9.17, 15) is 35.1 Å². The number of hydrogen-bond acceptors (Lipinski definition) is 10. The maximum Gasteiger partial charge on any atom is 0.173 e. The van der Waals surface area contributed by atoms with Gasteiger partial charge in [0.1, 0.15) is 0 Å². The highest BCUT2D eigenvalue weighted by molar-refractivity contribution is 6.06. The lowest BCUT2D eigenvalue weighted by atomic mass is 9.73. The van der Waals surface area contributed by atoms with Gasteiger partial charge in [-0.2, -0.15) is 0 Å². The molecule has 11 atom stereocenters. The van der Waals surface area contributed by atoms with Gasteiger partial charge in [-0.1, -0.05) is 98.8 Å². The molecule has 9 N–H and O–H groups in total. The summed E-state index contributed by atoms with van der Waals surface area (Å²) in [7, 11) is 1.51. The van der Waals surface area contributed by atoms with Gasteiger partial charge in [0.05, 0.1) is 37.2 Å². The Hall–Kier alpha value is -5.64. The first-order valence-electron chi connectivity index (χ1n) is 25.6. The lowest BCUT2D eigenvalue weighted by molar-refractivity contribution is -0.142. The molecule has 4 aromatic rings. The lowest BCUT2D eigenvalue weighted by Crippen LogP contribution is -2.40.